The third-order valence-corrected chi connectivity index (χ3v) is 2.77. The van der Waals surface area contributed by atoms with E-state index in [1.54, 1.807) is 6.20 Å². The first-order valence-corrected chi connectivity index (χ1v) is 4.74. The molecule has 0 unspecified atom stereocenters. The maximum atomic E-state index is 5.84. The van der Waals surface area contributed by atoms with E-state index in [2.05, 4.69) is 4.98 Å². The lowest BCUT2D eigenvalue weighted by atomic mass is 9.86. The Hall–Kier alpha value is -0.310. The van der Waals surface area contributed by atoms with E-state index in [0.29, 0.717) is 16.7 Å². The van der Waals surface area contributed by atoms with Gasteiger partial charge in [0, 0.05) is 18.2 Å². The monoisotopic (exact) mass is 218 g/mol. The average Bonchev–Trinajstić information content (AvgIpc) is 2.09. The summed E-state index contributed by atoms with van der Waals surface area (Å²) in [6.45, 7) is 4.62. The molecule has 0 amide bonds. The number of nitrogens with zero attached hydrogens (tertiary/aromatic N) is 1. The molecular formula is C9H12Cl2N2. The molecule has 72 valence electrons. The second-order valence-electron chi connectivity index (χ2n) is 3.58. The molecule has 0 saturated heterocycles. The van der Waals surface area contributed by atoms with Gasteiger partial charge in [-0.25, -0.2) is 4.98 Å². The van der Waals surface area contributed by atoms with Crippen molar-refractivity contribution >= 4 is 23.2 Å². The van der Waals surface area contributed by atoms with Crippen LogP contribution in [0.5, 0.6) is 0 Å². The van der Waals surface area contributed by atoms with Gasteiger partial charge in [0.1, 0.15) is 5.15 Å². The van der Waals surface area contributed by atoms with E-state index in [9.17, 15) is 0 Å². The molecule has 4 heteroatoms. The predicted molar refractivity (Wildman–Crippen MR) is 56.3 cm³/mol. The molecule has 0 aromatic carbocycles. The molecule has 0 radical (unpaired) electrons. The van der Waals surface area contributed by atoms with E-state index in [4.69, 9.17) is 28.9 Å². The van der Waals surface area contributed by atoms with E-state index < -0.39 is 0 Å². The van der Waals surface area contributed by atoms with Gasteiger partial charge in [0.25, 0.3) is 0 Å². The molecule has 1 aromatic heterocycles. The summed E-state index contributed by atoms with van der Waals surface area (Å²) >= 11 is 11.5. The molecule has 0 bridgehead atoms. The lowest BCUT2D eigenvalue weighted by molar-refractivity contribution is 0.537. The summed E-state index contributed by atoms with van der Waals surface area (Å²) in [7, 11) is 0. The summed E-state index contributed by atoms with van der Waals surface area (Å²) < 4.78 is 0. The standard InChI is InChI=1S/C9H12Cl2N2/c1-9(2,5-12)6-3-7(10)8(11)13-4-6/h3-4H,5,12H2,1-2H3. The van der Waals surface area contributed by atoms with E-state index in [-0.39, 0.29) is 5.41 Å². The number of hydrogen-bond donors (Lipinski definition) is 1. The summed E-state index contributed by atoms with van der Waals surface area (Å²) in [6.07, 6.45) is 1.71. The molecule has 13 heavy (non-hydrogen) atoms. The molecule has 0 atom stereocenters. The van der Waals surface area contributed by atoms with Crippen molar-refractivity contribution in [3.05, 3.63) is 28.0 Å². The SMILES string of the molecule is CC(C)(CN)c1cnc(Cl)c(Cl)c1. The molecular weight excluding hydrogens is 207 g/mol. The Morgan fingerprint density at radius 1 is 1.46 bits per heavy atom. The fourth-order valence-electron chi connectivity index (χ4n) is 0.909. The Labute approximate surface area is 88.1 Å². The first-order chi connectivity index (χ1) is 5.97. The van der Waals surface area contributed by atoms with Gasteiger partial charge in [0.05, 0.1) is 5.02 Å². The third-order valence-electron chi connectivity index (χ3n) is 2.09. The molecule has 1 rings (SSSR count). The van der Waals surface area contributed by atoms with E-state index in [1.165, 1.54) is 0 Å². The van der Waals surface area contributed by atoms with Crippen LogP contribution in [0.25, 0.3) is 0 Å². The number of pyridine rings is 1. The minimum Gasteiger partial charge on any atom is -0.330 e. The molecule has 0 aliphatic rings. The fraction of sp³-hybridized carbons (Fsp3) is 0.444. The van der Waals surface area contributed by atoms with Crippen LogP contribution in [0.3, 0.4) is 0 Å². The van der Waals surface area contributed by atoms with Crippen molar-refractivity contribution in [2.45, 2.75) is 19.3 Å². The van der Waals surface area contributed by atoms with Crippen molar-refractivity contribution < 1.29 is 0 Å². The molecule has 0 spiro atoms. The normalized spacial score (nSPS) is 11.8. The van der Waals surface area contributed by atoms with Crippen LogP contribution in [0, 0.1) is 0 Å². The zero-order chi connectivity index (χ0) is 10.1. The molecule has 0 fully saturated rings. The van der Waals surface area contributed by atoms with Gasteiger partial charge in [0.2, 0.25) is 0 Å². The predicted octanol–water partition coefficient (Wildman–Crippen LogP) is 2.62. The first-order valence-electron chi connectivity index (χ1n) is 3.99. The van der Waals surface area contributed by atoms with Crippen molar-refractivity contribution in [2.75, 3.05) is 6.54 Å². The summed E-state index contributed by atoms with van der Waals surface area (Å²) in [5.41, 5.74) is 6.52. The minimum atomic E-state index is -0.110. The Morgan fingerprint density at radius 2 is 2.08 bits per heavy atom. The van der Waals surface area contributed by atoms with E-state index in [1.807, 2.05) is 19.9 Å². The van der Waals surface area contributed by atoms with Gasteiger partial charge in [-0.15, -0.1) is 0 Å². The van der Waals surface area contributed by atoms with Crippen LogP contribution < -0.4 is 5.73 Å². The van der Waals surface area contributed by atoms with Gasteiger partial charge in [-0.3, -0.25) is 0 Å². The third kappa shape index (κ3) is 2.33. The second kappa shape index (κ2) is 3.82. The smallest absolute Gasteiger partial charge is 0.147 e. The van der Waals surface area contributed by atoms with E-state index >= 15 is 0 Å². The summed E-state index contributed by atoms with van der Waals surface area (Å²) in [6, 6.07) is 1.81. The van der Waals surface area contributed by atoms with Gasteiger partial charge < -0.3 is 5.73 Å². The zero-order valence-electron chi connectivity index (χ0n) is 7.64. The van der Waals surface area contributed by atoms with Gasteiger partial charge in [-0.1, -0.05) is 37.0 Å². The van der Waals surface area contributed by atoms with Gasteiger partial charge in [0.15, 0.2) is 0 Å². The summed E-state index contributed by atoms with van der Waals surface area (Å²) in [5, 5.41) is 0.805. The number of hydrogen-bond acceptors (Lipinski definition) is 2. The molecule has 1 heterocycles. The van der Waals surface area contributed by atoms with Crippen LogP contribution in [0.4, 0.5) is 0 Å². The van der Waals surface area contributed by atoms with Crippen molar-refractivity contribution in [1.29, 1.82) is 0 Å². The van der Waals surface area contributed by atoms with Crippen LogP contribution in [-0.4, -0.2) is 11.5 Å². The van der Waals surface area contributed by atoms with Crippen LogP contribution in [0.15, 0.2) is 12.3 Å². The van der Waals surface area contributed by atoms with Crippen LogP contribution in [-0.2, 0) is 5.41 Å². The second-order valence-corrected chi connectivity index (χ2v) is 4.35. The molecule has 0 saturated carbocycles. The molecule has 2 N–H and O–H groups in total. The van der Waals surface area contributed by atoms with E-state index in [0.717, 1.165) is 5.56 Å². The van der Waals surface area contributed by atoms with Gasteiger partial charge in [-0.05, 0) is 11.6 Å². The highest BCUT2D eigenvalue weighted by Gasteiger charge is 2.19. The lowest BCUT2D eigenvalue weighted by Gasteiger charge is -2.22. The lowest BCUT2D eigenvalue weighted by Crippen LogP contribution is -2.28. The van der Waals surface area contributed by atoms with Crippen molar-refractivity contribution in [2.24, 2.45) is 5.73 Å². The summed E-state index contributed by atoms with van der Waals surface area (Å²) in [5.74, 6) is 0. The molecule has 0 aliphatic carbocycles. The van der Waals surface area contributed by atoms with Gasteiger partial charge >= 0.3 is 0 Å². The number of aromatic nitrogens is 1. The maximum Gasteiger partial charge on any atom is 0.147 e. The van der Waals surface area contributed by atoms with Crippen molar-refractivity contribution in [3.63, 3.8) is 0 Å². The first kappa shape index (κ1) is 10.8. The highest BCUT2D eigenvalue weighted by atomic mass is 35.5. The van der Waals surface area contributed by atoms with Crippen molar-refractivity contribution in [1.82, 2.24) is 4.98 Å². The highest BCUT2D eigenvalue weighted by molar-refractivity contribution is 6.41. The molecule has 1 aromatic rings. The summed E-state index contributed by atoms with van der Waals surface area (Å²) in [4.78, 5) is 3.97. The quantitative estimate of drug-likeness (QED) is 0.776. The van der Waals surface area contributed by atoms with Gasteiger partial charge in [-0.2, -0.15) is 0 Å². The topological polar surface area (TPSA) is 38.9 Å². The van der Waals surface area contributed by atoms with Crippen LogP contribution in [0.2, 0.25) is 10.2 Å². The van der Waals surface area contributed by atoms with Crippen LogP contribution in [0.1, 0.15) is 19.4 Å². The Kier molecular flexibility index (Phi) is 3.17. The molecule has 0 aliphatic heterocycles. The van der Waals surface area contributed by atoms with Crippen molar-refractivity contribution in [3.8, 4) is 0 Å². The molecule has 2 nitrogen and oxygen atoms in total. The number of rotatable bonds is 2. The Morgan fingerprint density at radius 3 is 2.54 bits per heavy atom. The Bertz CT molecular complexity index is 310. The fourth-order valence-corrected chi connectivity index (χ4v) is 1.18. The largest absolute Gasteiger partial charge is 0.330 e. The Balaban J connectivity index is 3.10. The minimum absolute atomic E-state index is 0.110. The number of halogens is 2. The average molecular weight is 219 g/mol. The highest BCUT2D eigenvalue weighted by Crippen LogP contribution is 2.27. The number of nitrogens with two attached hydrogens (primary N) is 1. The zero-order valence-corrected chi connectivity index (χ0v) is 9.15. The van der Waals surface area contributed by atoms with Crippen LogP contribution >= 0.6 is 23.2 Å². The maximum absolute atomic E-state index is 5.84.